The number of carboxylic acid groups (broad SMARTS) is 2. The van der Waals surface area contributed by atoms with Crippen LogP contribution in [0.25, 0.3) is 0 Å². The first-order valence-corrected chi connectivity index (χ1v) is 5.88. The van der Waals surface area contributed by atoms with Gasteiger partial charge in [0.25, 0.3) is 0 Å². The molecule has 1 atom stereocenters. The number of aliphatic carboxylic acids is 2. The predicted octanol–water partition coefficient (Wildman–Crippen LogP) is 2.77. The van der Waals surface area contributed by atoms with Gasteiger partial charge in [0.2, 0.25) is 0 Å². The van der Waals surface area contributed by atoms with E-state index in [-0.39, 0.29) is 6.42 Å². The van der Waals surface area contributed by atoms with Crippen LogP contribution in [0.2, 0.25) is 0 Å². The van der Waals surface area contributed by atoms with Gasteiger partial charge in [0, 0.05) is 0 Å². The lowest BCUT2D eigenvalue weighted by Crippen LogP contribution is -2.17. The zero-order valence-corrected chi connectivity index (χ0v) is 10.1. The second kappa shape index (κ2) is 8.13. The number of unbranched alkanes of at least 4 members (excludes halogenated alkanes) is 2. The fraction of sp³-hybridized carbons (Fsp3) is 0.833. The molecule has 2 N–H and O–H groups in total. The summed E-state index contributed by atoms with van der Waals surface area (Å²) >= 11 is 0. The van der Waals surface area contributed by atoms with Crippen molar-refractivity contribution in [1.82, 2.24) is 0 Å². The average molecular weight is 230 g/mol. The summed E-state index contributed by atoms with van der Waals surface area (Å²) in [6.07, 6.45) is 4.24. The maximum Gasteiger partial charge on any atom is 0.307 e. The molecule has 0 fully saturated rings. The minimum absolute atomic E-state index is 0.264. The van der Waals surface area contributed by atoms with E-state index in [0.717, 1.165) is 25.7 Å². The Balaban J connectivity index is 3.69. The Bertz CT molecular complexity index is 223. The molecule has 16 heavy (non-hydrogen) atoms. The lowest BCUT2D eigenvalue weighted by molar-refractivity contribution is -0.148. The molecule has 4 nitrogen and oxygen atoms in total. The molecule has 4 heteroatoms. The van der Waals surface area contributed by atoms with Crippen LogP contribution in [-0.4, -0.2) is 22.2 Å². The Morgan fingerprint density at radius 2 is 1.56 bits per heavy atom. The van der Waals surface area contributed by atoms with Gasteiger partial charge in [0.15, 0.2) is 0 Å². The quantitative estimate of drug-likeness (QED) is 0.597. The monoisotopic (exact) mass is 230 g/mol. The van der Waals surface area contributed by atoms with Crippen molar-refractivity contribution in [3.63, 3.8) is 0 Å². The summed E-state index contributed by atoms with van der Waals surface area (Å²) in [7, 11) is 0. The topological polar surface area (TPSA) is 74.6 Å². The van der Waals surface area contributed by atoms with Crippen LogP contribution in [-0.2, 0) is 9.59 Å². The first-order chi connectivity index (χ1) is 7.43. The SMILES string of the molecule is CC(C)CCCCCC(CC(=O)O)C(=O)O. The zero-order chi connectivity index (χ0) is 12.6. The molecule has 0 saturated heterocycles. The fourth-order valence-electron chi connectivity index (χ4n) is 1.64. The van der Waals surface area contributed by atoms with Gasteiger partial charge < -0.3 is 10.2 Å². The number of hydrogen-bond acceptors (Lipinski definition) is 2. The molecule has 94 valence electrons. The highest BCUT2D eigenvalue weighted by Crippen LogP contribution is 2.16. The van der Waals surface area contributed by atoms with Crippen LogP contribution in [0, 0.1) is 11.8 Å². The summed E-state index contributed by atoms with van der Waals surface area (Å²) in [5.74, 6) is -2.08. The molecule has 0 heterocycles. The van der Waals surface area contributed by atoms with Crippen molar-refractivity contribution in [2.24, 2.45) is 11.8 Å². The minimum Gasteiger partial charge on any atom is -0.481 e. The molecular weight excluding hydrogens is 208 g/mol. The number of hydrogen-bond donors (Lipinski definition) is 2. The highest BCUT2D eigenvalue weighted by molar-refractivity contribution is 5.77. The van der Waals surface area contributed by atoms with E-state index in [9.17, 15) is 9.59 Å². The molecule has 0 saturated carbocycles. The molecule has 0 amide bonds. The van der Waals surface area contributed by atoms with E-state index in [2.05, 4.69) is 13.8 Å². The van der Waals surface area contributed by atoms with Crippen molar-refractivity contribution in [3.05, 3.63) is 0 Å². The summed E-state index contributed by atoms with van der Waals surface area (Å²) in [5, 5.41) is 17.3. The average Bonchev–Trinajstić information content (AvgIpc) is 2.14. The Hall–Kier alpha value is -1.06. The van der Waals surface area contributed by atoms with Gasteiger partial charge in [0.05, 0.1) is 12.3 Å². The van der Waals surface area contributed by atoms with Crippen LogP contribution >= 0.6 is 0 Å². The van der Waals surface area contributed by atoms with Crippen molar-refractivity contribution in [1.29, 1.82) is 0 Å². The van der Waals surface area contributed by atoms with Crippen LogP contribution in [0.15, 0.2) is 0 Å². The van der Waals surface area contributed by atoms with Crippen LogP contribution < -0.4 is 0 Å². The second-order valence-corrected chi connectivity index (χ2v) is 4.66. The normalized spacial score (nSPS) is 12.7. The molecular formula is C12H22O4. The van der Waals surface area contributed by atoms with Crippen molar-refractivity contribution >= 4 is 11.9 Å². The largest absolute Gasteiger partial charge is 0.481 e. The van der Waals surface area contributed by atoms with Gasteiger partial charge in [-0.3, -0.25) is 9.59 Å². The van der Waals surface area contributed by atoms with Gasteiger partial charge in [-0.1, -0.05) is 39.5 Å². The summed E-state index contributed by atoms with van der Waals surface area (Å²) in [5.41, 5.74) is 0. The molecule has 1 unspecified atom stereocenters. The lowest BCUT2D eigenvalue weighted by atomic mass is 9.96. The molecule has 0 aromatic carbocycles. The predicted molar refractivity (Wildman–Crippen MR) is 61.3 cm³/mol. The van der Waals surface area contributed by atoms with Crippen LogP contribution in [0.1, 0.15) is 52.4 Å². The zero-order valence-electron chi connectivity index (χ0n) is 10.1. The molecule has 0 aliphatic carbocycles. The van der Waals surface area contributed by atoms with Crippen LogP contribution in [0.4, 0.5) is 0 Å². The maximum absolute atomic E-state index is 10.7. The van der Waals surface area contributed by atoms with E-state index < -0.39 is 17.9 Å². The highest BCUT2D eigenvalue weighted by Gasteiger charge is 2.20. The first kappa shape index (κ1) is 14.9. The Morgan fingerprint density at radius 3 is 2.00 bits per heavy atom. The van der Waals surface area contributed by atoms with E-state index in [4.69, 9.17) is 10.2 Å². The molecule has 0 aliphatic rings. The van der Waals surface area contributed by atoms with E-state index in [0.29, 0.717) is 12.3 Å². The number of carbonyl (C=O) groups is 2. The molecule has 0 aliphatic heterocycles. The van der Waals surface area contributed by atoms with E-state index in [1.165, 1.54) is 0 Å². The molecule has 0 radical (unpaired) electrons. The van der Waals surface area contributed by atoms with Gasteiger partial charge >= 0.3 is 11.9 Å². The molecule has 0 spiro atoms. The third kappa shape index (κ3) is 8.26. The van der Waals surface area contributed by atoms with Gasteiger partial charge in [-0.15, -0.1) is 0 Å². The maximum atomic E-state index is 10.7. The molecule has 0 bridgehead atoms. The van der Waals surface area contributed by atoms with E-state index in [1.807, 2.05) is 0 Å². The van der Waals surface area contributed by atoms with Crippen molar-refractivity contribution in [2.75, 3.05) is 0 Å². The van der Waals surface area contributed by atoms with Gasteiger partial charge in [-0.25, -0.2) is 0 Å². The Kier molecular flexibility index (Phi) is 7.60. The summed E-state index contributed by atoms with van der Waals surface area (Å²) in [4.78, 5) is 21.2. The lowest BCUT2D eigenvalue weighted by Gasteiger charge is -2.09. The smallest absolute Gasteiger partial charge is 0.307 e. The summed E-state index contributed by atoms with van der Waals surface area (Å²) in [6.45, 7) is 4.31. The third-order valence-electron chi connectivity index (χ3n) is 2.60. The minimum atomic E-state index is -1.03. The highest BCUT2D eigenvalue weighted by atomic mass is 16.4. The second-order valence-electron chi connectivity index (χ2n) is 4.66. The summed E-state index contributed by atoms with van der Waals surface area (Å²) in [6, 6.07) is 0. The van der Waals surface area contributed by atoms with Gasteiger partial charge in [-0.05, 0) is 12.3 Å². The number of rotatable bonds is 9. The summed E-state index contributed by atoms with van der Waals surface area (Å²) < 4.78 is 0. The van der Waals surface area contributed by atoms with Crippen molar-refractivity contribution in [3.8, 4) is 0 Å². The fourth-order valence-corrected chi connectivity index (χ4v) is 1.64. The van der Waals surface area contributed by atoms with Gasteiger partial charge in [-0.2, -0.15) is 0 Å². The Morgan fingerprint density at radius 1 is 1.00 bits per heavy atom. The van der Waals surface area contributed by atoms with Gasteiger partial charge in [0.1, 0.15) is 0 Å². The molecule has 0 aromatic heterocycles. The molecule has 0 rings (SSSR count). The first-order valence-electron chi connectivity index (χ1n) is 5.88. The van der Waals surface area contributed by atoms with Crippen LogP contribution in [0.5, 0.6) is 0 Å². The standard InChI is InChI=1S/C12H22O4/c1-9(2)6-4-3-5-7-10(12(15)16)8-11(13)14/h9-10H,3-8H2,1-2H3,(H,13,14)(H,15,16). The van der Waals surface area contributed by atoms with Crippen LogP contribution in [0.3, 0.4) is 0 Å². The van der Waals surface area contributed by atoms with E-state index in [1.54, 1.807) is 0 Å². The Labute approximate surface area is 96.7 Å². The van der Waals surface area contributed by atoms with Crippen molar-refractivity contribution in [2.45, 2.75) is 52.4 Å². The third-order valence-corrected chi connectivity index (χ3v) is 2.60. The van der Waals surface area contributed by atoms with Crippen molar-refractivity contribution < 1.29 is 19.8 Å². The number of carboxylic acids is 2. The molecule has 0 aromatic rings. The van der Waals surface area contributed by atoms with E-state index >= 15 is 0 Å².